The first kappa shape index (κ1) is 20.5. The Hall–Kier alpha value is 0.200. The molecule has 18 heavy (non-hydrogen) atoms. The number of hydrogen-bond donors (Lipinski definition) is 4. The van der Waals surface area contributed by atoms with E-state index in [2.05, 4.69) is 3.82 Å². The molecule has 1 radical (unpaired) electrons. The number of aliphatic hydroxyl groups is 4. The van der Waals surface area contributed by atoms with Crippen LogP contribution in [0.15, 0.2) is 0 Å². The van der Waals surface area contributed by atoms with Gasteiger partial charge in [0.15, 0.2) is 0 Å². The molecule has 0 aliphatic heterocycles. The average Bonchev–Trinajstić information content (AvgIpc) is 2.31. The summed E-state index contributed by atoms with van der Waals surface area (Å²) in [5.74, 6) is -0.611. The van der Waals surface area contributed by atoms with Crippen LogP contribution in [0.1, 0.15) is 6.92 Å². The van der Waals surface area contributed by atoms with Crippen LogP contribution < -0.4 is 0 Å². The molecule has 0 aliphatic carbocycles. The van der Waals surface area contributed by atoms with Crippen molar-refractivity contribution in [1.82, 2.24) is 0 Å². The molecule has 111 valence electrons. The van der Waals surface area contributed by atoms with E-state index in [0.29, 0.717) is 0 Å². The molecule has 0 amide bonds. The van der Waals surface area contributed by atoms with Crippen molar-refractivity contribution in [2.45, 2.75) is 31.3 Å². The van der Waals surface area contributed by atoms with Gasteiger partial charge in [-0.05, 0) is 0 Å². The predicted octanol–water partition coefficient (Wildman–Crippen LogP) is -3.26. The van der Waals surface area contributed by atoms with Gasteiger partial charge in [0, 0.05) is 22.4 Å². The van der Waals surface area contributed by atoms with Crippen molar-refractivity contribution in [2.75, 3.05) is 6.61 Å². The topological polar surface area (TPSA) is 134 Å². The molecule has 0 aliphatic rings. The standard InChI is InChI=1S/C8H14O8Se.Au/c1-4(11)15-17-16-6(3-10)8(14)7(13)5(12)2-9;/h3,5-9,12-14H,2H2,1H3;/t5-,6+,7-,8-;/m1./s1. The van der Waals surface area contributed by atoms with Gasteiger partial charge in [0.1, 0.15) is 0 Å². The van der Waals surface area contributed by atoms with Crippen LogP contribution in [0.25, 0.3) is 0 Å². The molecular formula is C8H14AuO8Se. The molecule has 0 aromatic rings. The van der Waals surface area contributed by atoms with Gasteiger partial charge in [-0.25, -0.2) is 0 Å². The van der Waals surface area contributed by atoms with Gasteiger partial charge in [0.05, 0.1) is 0 Å². The maximum atomic E-state index is 10.6. The molecule has 10 heteroatoms. The average molecular weight is 514 g/mol. The van der Waals surface area contributed by atoms with E-state index in [0.717, 1.165) is 6.92 Å². The van der Waals surface area contributed by atoms with Gasteiger partial charge in [0.25, 0.3) is 0 Å². The smallest absolute Gasteiger partial charge is 0 e. The van der Waals surface area contributed by atoms with Crippen LogP contribution in [0.3, 0.4) is 0 Å². The fourth-order valence-corrected chi connectivity index (χ4v) is 1.61. The van der Waals surface area contributed by atoms with E-state index in [-0.39, 0.29) is 28.7 Å². The predicted molar refractivity (Wildman–Crippen MR) is 53.6 cm³/mol. The zero-order valence-electron chi connectivity index (χ0n) is 9.23. The Balaban J connectivity index is 0. The van der Waals surface area contributed by atoms with Gasteiger partial charge < -0.3 is 0 Å². The minimum atomic E-state index is -1.75. The molecule has 0 spiro atoms. The monoisotopic (exact) mass is 515 g/mol. The third-order valence-corrected chi connectivity index (χ3v) is 2.97. The van der Waals surface area contributed by atoms with Gasteiger partial charge in [-0.15, -0.1) is 0 Å². The van der Waals surface area contributed by atoms with Crippen LogP contribution in [0, 0.1) is 0 Å². The molecule has 4 N–H and O–H groups in total. The summed E-state index contributed by atoms with van der Waals surface area (Å²) in [7, 11) is 0. The van der Waals surface area contributed by atoms with E-state index in [9.17, 15) is 19.8 Å². The molecule has 4 atom stereocenters. The SMILES string of the molecule is CC(=O)O[Se]O[C@@H](C=O)[C@@H](O)[C@H](O)[C@H](O)CO.[Au]. The molecule has 0 unspecified atom stereocenters. The van der Waals surface area contributed by atoms with Gasteiger partial charge in [-0.1, -0.05) is 0 Å². The minimum absolute atomic E-state index is 0. The van der Waals surface area contributed by atoms with Crippen molar-refractivity contribution in [3.05, 3.63) is 0 Å². The Morgan fingerprint density at radius 2 is 1.89 bits per heavy atom. The number of aliphatic hydroxyl groups excluding tert-OH is 4. The fourth-order valence-electron chi connectivity index (χ4n) is 0.803. The first-order chi connectivity index (χ1) is 7.93. The largest absolute Gasteiger partial charge is 0 e. The molecule has 0 rings (SSSR count). The Morgan fingerprint density at radius 1 is 1.33 bits per heavy atom. The Kier molecular flexibility index (Phi) is 12.6. The summed E-state index contributed by atoms with van der Waals surface area (Å²) in [4.78, 5) is 21.0. The minimum Gasteiger partial charge on any atom is 0 e. The van der Waals surface area contributed by atoms with Crippen LogP contribution in [0.2, 0.25) is 0 Å². The summed E-state index contributed by atoms with van der Waals surface area (Å²) in [6.07, 6.45) is -6.33. The second kappa shape index (κ2) is 11.1. The Morgan fingerprint density at radius 3 is 2.28 bits per heavy atom. The van der Waals surface area contributed by atoms with Crippen molar-refractivity contribution in [3.63, 3.8) is 0 Å². The number of carbonyl (C=O) groups excluding carboxylic acids is 2. The van der Waals surface area contributed by atoms with Crippen molar-refractivity contribution in [1.29, 1.82) is 0 Å². The first-order valence-electron chi connectivity index (χ1n) is 4.55. The summed E-state index contributed by atoms with van der Waals surface area (Å²) < 4.78 is 9.16. The fraction of sp³-hybridized carbons (Fsp3) is 0.750. The van der Waals surface area contributed by atoms with Crippen molar-refractivity contribution in [3.8, 4) is 0 Å². The molecule has 0 aromatic carbocycles. The summed E-state index contributed by atoms with van der Waals surface area (Å²) in [5, 5.41) is 36.3. The van der Waals surface area contributed by atoms with Crippen molar-refractivity contribution in [2.24, 2.45) is 0 Å². The van der Waals surface area contributed by atoms with E-state index >= 15 is 0 Å². The molecule has 0 heterocycles. The van der Waals surface area contributed by atoms with Crippen LogP contribution in [0.4, 0.5) is 0 Å². The molecule has 0 fully saturated rings. The molecule has 0 bridgehead atoms. The van der Waals surface area contributed by atoms with Gasteiger partial charge >= 0.3 is 103 Å². The second-order valence-corrected chi connectivity index (χ2v) is 4.11. The Labute approximate surface area is 126 Å². The maximum absolute atomic E-state index is 10.6. The van der Waals surface area contributed by atoms with Crippen LogP contribution >= 0.6 is 0 Å². The number of rotatable bonds is 8. The van der Waals surface area contributed by atoms with E-state index in [1.54, 1.807) is 0 Å². The molecule has 0 saturated carbocycles. The summed E-state index contributed by atoms with van der Waals surface area (Å²) >= 11 is -1.12. The number of aldehydes is 1. The third-order valence-electron chi connectivity index (χ3n) is 1.70. The third kappa shape index (κ3) is 7.59. The second-order valence-electron chi connectivity index (χ2n) is 3.07. The number of hydrogen-bond acceptors (Lipinski definition) is 8. The summed E-state index contributed by atoms with van der Waals surface area (Å²) in [6.45, 7) is 0.362. The van der Waals surface area contributed by atoms with E-state index in [1.165, 1.54) is 0 Å². The molecule has 0 aromatic heterocycles. The van der Waals surface area contributed by atoms with Gasteiger partial charge in [0.2, 0.25) is 0 Å². The van der Waals surface area contributed by atoms with Crippen LogP contribution in [-0.4, -0.2) is 79.3 Å². The quantitative estimate of drug-likeness (QED) is 0.196. The van der Waals surface area contributed by atoms with Crippen molar-refractivity contribution >= 4 is 27.9 Å². The van der Waals surface area contributed by atoms with Gasteiger partial charge in [-0.2, -0.15) is 0 Å². The zero-order valence-corrected chi connectivity index (χ0v) is 13.1. The van der Waals surface area contributed by atoms with E-state index in [4.69, 9.17) is 14.0 Å². The summed E-state index contributed by atoms with van der Waals surface area (Å²) in [6, 6.07) is 0. The van der Waals surface area contributed by atoms with E-state index in [1.807, 2.05) is 0 Å². The van der Waals surface area contributed by atoms with Crippen molar-refractivity contribution < 1.29 is 60.0 Å². The normalized spacial score (nSPS) is 16.9. The van der Waals surface area contributed by atoms with Crippen LogP contribution in [-0.2, 0) is 39.6 Å². The number of carbonyl (C=O) groups is 2. The van der Waals surface area contributed by atoms with E-state index < -0.39 is 52.6 Å². The Bertz CT molecular complexity index is 253. The zero-order chi connectivity index (χ0) is 13.4. The summed E-state index contributed by atoms with van der Waals surface area (Å²) in [5.41, 5.74) is 0. The first-order valence-corrected chi connectivity index (χ1v) is 5.94. The molecule has 0 saturated heterocycles. The maximum Gasteiger partial charge on any atom is 0 e. The van der Waals surface area contributed by atoms with Gasteiger partial charge in [-0.3, -0.25) is 0 Å². The van der Waals surface area contributed by atoms with Crippen LogP contribution in [0.5, 0.6) is 0 Å². The molecular weight excluding hydrogens is 500 g/mol. The molecule has 8 nitrogen and oxygen atoms in total.